The van der Waals surface area contributed by atoms with Gasteiger partial charge in [0.2, 0.25) is 5.88 Å². The number of halogens is 1. The molecule has 2 rings (SSSR count). The zero-order chi connectivity index (χ0) is 12.3. The summed E-state index contributed by atoms with van der Waals surface area (Å²) in [7, 11) is 0. The van der Waals surface area contributed by atoms with Gasteiger partial charge in [-0.05, 0) is 25.1 Å². The van der Waals surface area contributed by atoms with E-state index in [4.69, 9.17) is 22.1 Å². The second kappa shape index (κ2) is 5.17. The standard InChI is InChI=1S/C13H13ClN2O/c1-9-6-7-10(8-15)13(16-9)17-12-5-3-2-4-11(12)14/h2-7H,8,15H2,1H3. The molecule has 0 saturated carbocycles. The van der Waals surface area contributed by atoms with Crippen molar-refractivity contribution in [3.05, 3.63) is 52.7 Å². The lowest BCUT2D eigenvalue weighted by Crippen LogP contribution is -2.02. The molecular weight excluding hydrogens is 236 g/mol. The summed E-state index contributed by atoms with van der Waals surface area (Å²) in [5.74, 6) is 1.10. The number of aromatic nitrogens is 1. The SMILES string of the molecule is Cc1ccc(CN)c(Oc2ccccc2Cl)n1. The van der Waals surface area contributed by atoms with Gasteiger partial charge in [-0.1, -0.05) is 29.8 Å². The van der Waals surface area contributed by atoms with Crippen molar-refractivity contribution in [3.8, 4) is 11.6 Å². The van der Waals surface area contributed by atoms with Crippen LogP contribution in [0.5, 0.6) is 11.6 Å². The number of hydrogen-bond acceptors (Lipinski definition) is 3. The van der Waals surface area contributed by atoms with Crippen LogP contribution in [0.25, 0.3) is 0 Å². The highest BCUT2D eigenvalue weighted by atomic mass is 35.5. The normalized spacial score (nSPS) is 10.3. The Hall–Kier alpha value is -1.58. The lowest BCUT2D eigenvalue weighted by Gasteiger charge is -2.10. The minimum Gasteiger partial charge on any atom is -0.437 e. The molecular formula is C13H13ClN2O. The van der Waals surface area contributed by atoms with Crippen LogP contribution in [0.15, 0.2) is 36.4 Å². The topological polar surface area (TPSA) is 48.1 Å². The summed E-state index contributed by atoms with van der Waals surface area (Å²) in [6.07, 6.45) is 0. The molecule has 0 saturated heterocycles. The number of nitrogens with zero attached hydrogens (tertiary/aromatic N) is 1. The van der Waals surface area contributed by atoms with Gasteiger partial charge in [-0.15, -0.1) is 0 Å². The van der Waals surface area contributed by atoms with E-state index in [1.165, 1.54) is 0 Å². The first-order valence-electron chi connectivity index (χ1n) is 5.29. The molecule has 0 spiro atoms. The molecule has 1 aromatic heterocycles. The third-order valence-electron chi connectivity index (χ3n) is 2.34. The van der Waals surface area contributed by atoms with Gasteiger partial charge in [0, 0.05) is 17.8 Å². The van der Waals surface area contributed by atoms with E-state index in [9.17, 15) is 0 Å². The molecule has 0 bridgehead atoms. The Kier molecular flexibility index (Phi) is 3.61. The van der Waals surface area contributed by atoms with E-state index in [0.29, 0.717) is 23.2 Å². The number of aryl methyl sites for hydroxylation is 1. The number of hydrogen-bond donors (Lipinski definition) is 1. The maximum atomic E-state index is 6.03. The van der Waals surface area contributed by atoms with Crippen molar-refractivity contribution in [1.29, 1.82) is 0 Å². The van der Waals surface area contributed by atoms with Gasteiger partial charge in [0.1, 0.15) is 5.75 Å². The summed E-state index contributed by atoms with van der Waals surface area (Å²) in [6, 6.07) is 11.1. The van der Waals surface area contributed by atoms with Crippen LogP contribution in [-0.4, -0.2) is 4.98 Å². The summed E-state index contributed by atoms with van der Waals surface area (Å²) >= 11 is 6.03. The number of nitrogens with two attached hydrogens (primary N) is 1. The van der Waals surface area contributed by atoms with E-state index in [-0.39, 0.29) is 0 Å². The molecule has 2 N–H and O–H groups in total. The third kappa shape index (κ3) is 2.75. The Morgan fingerprint density at radius 2 is 2.00 bits per heavy atom. The number of ether oxygens (including phenoxy) is 1. The van der Waals surface area contributed by atoms with Crippen molar-refractivity contribution in [2.24, 2.45) is 5.73 Å². The molecule has 3 nitrogen and oxygen atoms in total. The zero-order valence-electron chi connectivity index (χ0n) is 9.48. The van der Waals surface area contributed by atoms with Gasteiger partial charge in [0.05, 0.1) is 5.02 Å². The van der Waals surface area contributed by atoms with Gasteiger partial charge in [0.15, 0.2) is 0 Å². The van der Waals surface area contributed by atoms with Crippen molar-refractivity contribution in [2.75, 3.05) is 0 Å². The van der Waals surface area contributed by atoms with Crippen molar-refractivity contribution in [3.63, 3.8) is 0 Å². The summed E-state index contributed by atoms with van der Waals surface area (Å²) in [5, 5.41) is 0.554. The highest BCUT2D eigenvalue weighted by molar-refractivity contribution is 6.32. The van der Waals surface area contributed by atoms with E-state index in [1.54, 1.807) is 12.1 Å². The number of rotatable bonds is 3. The van der Waals surface area contributed by atoms with E-state index in [2.05, 4.69) is 4.98 Å². The predicted molar refractivity (Wildman–Crippen MR) is 68.4 cm³/mol. The fourth-order valence-electron chi connectivity index (χ4n) is 1.44. The lowest BCUT2D eigenvalue weighted by atomic mass is 10.2. The van der Waals surface area contributed by atoms with Crippen LogP contribution in [-0.2, 0) is 6.54 Å². The van der Waals surface area contributed by atoms with E-state index in [0.717, 1.165) is 11.3 Å². The fraction of sp³-hybridized carbons (Fsp3) is 0.154. The van der Waals surface area contributed by atoms with Gasteiger partial charge in [-0.2, -0.15) is 0 Å². The minimum atomic E-state index is 0.382. The molecule has 1 heterocycles. The molecule has 4 heteroatoms. The van der Waals surface area contributed by atoms with Gasteiger partial charge in [0.25, 0.3) is 0 Å². The first kappa shape index (κ1) is 11.9. The Morgan fingerprint density at radius 3 is 2.71 bits per heavy atom. The maximum Gasteiger partial charge on any atom is 0.224 e. The first-order valence-corrected chi connectivity index (χ1v) is 5.67. The van der Waals surface area contributed by atoms with E-state index < -0.39 is 0 Å². The molecule has 0 amide bonds. The minimum absolute atomic E-state index is 0.382. The Balaban J connectivity index is 2.35. The quantitative estimate of drug-likeness (QED) is 0.907. The van der Waals surface area contributed by atoms with Crippen LogP contribution >= 0.6 is 11.6 Å². The molecule has 88 valence electrons. The van der Waals surface area contributed by atoms with Crippen molar-refractivity contribution >= 4 is 11.6 Å². The Morgan fingerprint density at radius 1 is 1.24 bits per heavy atom. The van der Waals surface area contributed by atoms with E-state index >= 15 is 0 Å². The van der Waals surface area contributed by atoms with Gasteiger partial charge in [-0.3, -0.25) is 0 Å². The number of benzene rings is 1. The van der Waals surface area contributed by atoms with Crippen LogP contribution in [0.3, 0.4) is 0 Å². The molecule has 0 aliphatic heterocycles. The second-order valence-corrected chi connectivity index (χ2v) is 4.06. The van der Waals surface area contributed by atoms with Crippen molar-refractivity contribution in [1.82, 2.24) is 4.98 Å². The second-order valence-electron chi connectivity index (χ2n) is 3.65. The van der Waals surface area contributed by atoms with Crippen LogP contribution in [0, 0.1) is 6.92 Å². The average molecular weight is 249 g/mol. The summed E-state index contributed by atoms with van der Waals surface area (Å²) in [4.78, 5) is 4.32. The molecule has 0 unspecified atom stereocenters. The van der Waals surface area contributed by atoms with Crippen LogP contribution in [0.2, 0.25) is 5.02 Å². The molecule has 0 aliphatic rings. The van der Waals surface area contributed by atoms with Crippen LogP contribution in [0.1, 0.15) is 11.3 Å². The summed E-state index contributed by atoms with van der Waals surface area (Å²) < 4.78 is 5.69. The monoisotopic (exact) mass is 248 g/mol. The highest BCUT2D eigenvalue weighted by Crippen LogP contribution is 2.29. The third-order valence-corrected chi connectivity index (χ3v) is 2.65. The first-order chi connectivity index (χ1) is 8.20. The molecule has 0 atom stereocenters. The predicted octanol–water partition coefficient (Wildman–Crippen LogP) is 3.29. The summed E-state index contributed by atoms with van der Waals surface area (Å²) in [5.41, 5.74) is 7.38. The number of para-hydroxylation sites is 1. The highest BCUT2D eigenvalue weighted by Gasteiger charge is 2.08. The van der Waals surface area contributed by atoms with Crippen LogP contribution < -0.4 is 10.5 Å². The largest absolute Gasteiger partial charge is 0.437 e. The van der Waals surface area contributed by atoms with Gasteiger partial charge in [-0.25, -0.2) is 4.98 Å². The molecule has 1 aromatic carbocycles. The van der Waals surface area contributed by atoms with Crippen molar-refractivity contribution < 1.29 is 4.74 Å². The zero-order valence-corrected chi connectivity index (χ0v) is 10.2. The van der Waals surface area contributed by atoms with E-state index in [1.807, 2.05) is 31.2 Å². The Bertz CT molecular complexity index is 529. The number of pyridine rings is 1. The maximum absolute atomic E-state index is 6.03. The molecule has 2 aromatic rings. The molecule has 0 fully saturated rings. The molecule has 17 heavy (non-hydrogen) atoms. The smallest absolute Gasteiger partial charge is 0.224 e. The average Bonchev–Trinajstić information content (AvgIpc) is 2.32. The Labute approximate surface area is 105 Å². The molecule has 0 radical (unpaired) electrons. The van der Waals surface area contributed by atoms with Crippen LogP contribution in [0.4, 0.5) is 0 Å². The lowest BCUT2D eigenvalue weighted by molar-refractivity contribution is 0.455. The van der Waals surface area contributed by atoms with Gasteiger partial charge >= 0.3 is 0 Å². The molecule has 0 aliphatic carbocycles. The van der Waals surface area contributed by atoms with Crippen molar-refractivity contribution in [2.45, 2.75) is 13.5 Å². The summed E-state index contributed by atoms with van der Waals surface area (Å²) in [6.45, 7) is 2.28. The van der Waals surface area contributed by atoms with Gasteiger partial charge < -0.3 is 10.5 Å². The fourth-order valence-corrected chi connectivity index (χ4v) is 1.61.